The summed E-state index contributed by atoms with van der Waals surface area (Å²) in [6, 6.07) is 4.88. The normalized spacial score (nSPS) is 21.0. The van der Waals surface area contributed by atoms with Gasteiger partial charge in [-0.15, -0.1) is 24.8 Å². The maximum atomic E-state index is 11.0. The van der Waals surface area contributed by atoms with Crippen molar-refractivity contribution >= 4 is 42.6 Å². The zero-order valence-electron chi connectivity index (χ0n) is 14.5. The first-order chi connectivity index (χ1) is 11.7. The second kappa shape index (κ2) is 11.4. The van der Waals surface area contributed by atoms with E-state index in [9.17, 15) is 4.79 Å². The number of pyridine rings is 1. The third-order valence-corrected chi connectivity index (χ3v) is 4.60. The molecule has 2 fully saturated rings. The van der Waals surface area contributed by atoms with Crippen molar-refractivity contribution in [3.63, 3.8) is 0 Å². The van der Waals surface area contributed by atoms with Gasteiger partial charge in [0.1, 0.15) is 5.82 Å². The number of nitrogens with zero attached hydrogens (tertiary/aromatic N) is 2. The lowest BCUT2D eigenvalue weighted by Crippen LogP contribution is -2.39. The quantitative estimate of drug-likeness (QED) is 0.395. The van der Waals surface area contributed by atoms with Crippen LogP contribution in [-0.2, 0) is 9.53 Å². The lowest BCUT2D eigenvalue weighted by atomic mass is 10.1. The van der Waals surface area contributed by atoms with Gasteiger partial charge in [-0.2, -0.15) is 0 Å². The van der Waals surface area contributed by atoms with Crippen molar-refractivity contribution in [1.82, 2.24) is 15.4 Å². The fraction of sp³-hybridized carbons (Fsp3) is 0.529. The number of hydrogen-bond acceptors (Lipinski definition) is 6. The van der Waals surface area contributed by atoms with E-state index in [-0.39, 0.29) is 24.8 Å². The van der Waals surface area contributed by atoms with Crippen LogP contribution in [0.4, 0.5) is 5.82 Å². The zero-order valence-corrected chi connectivity index (χ0v) is 16.1. The number of rotatable bonds is 5. The number of ether oxygens (including phenoxy) is 1. The highest BCUT2D eigenvalue weighted by Gasteiger charge is 2.29. The van der Waals surface area contributed by atoms with Gasteiger partial charge in [0.05, 0.1) is 0 Å². The molecule has 9 heteroatoms. The van der Waals surface area contributed by atoms with Gasteiger partial charge in [-0.3, -0.25) is 14.9 Å². The molecule has 1 aromatic heterocycles. The molecule has 3 heterocycles. The Bertz CT molecular complexity index is 580. The average molecular weight is 405 g/mol. The molecule has 7 nitrogen and oxygen atoms in total. The summed E-state index contributed by atoms with van der Waals surface area (Å²) >= 11 is 0. The molecule has 1 atom stereocenters. The van der Waals surface area contributed by atoms with Gasteiger partial charge in [0.25, 0.3) is 5.91 Å². The van der Waals surface area contributed by atoms with E-state index in [1.165, 1.54) is 6.08 Å². The summed E-state index contributed by atoms with van der Waals surface area (Å²) in [5, 5.41) is 11.9. The highest BCUT2D eigenvalue weighted by atomic mass is 35.5. The van der Waals surface area contributed by atoms with Crippen molar-refractivity contribution in [3.8, 4) is 0 Å². The van der Waals surface area contributed by atoms with Gasteiger partial charge in [-0.05, 0) is 43.0 Å². The predicted octanol–water partition coefficient (Wildman–Crippen LogP) is 2.11. The first kappa shape index (κ1) is 22.7. The summed E-state index contributed by atoms with van der Waals surface area (Å²) < 4.78 is 5.44. The van der Waals surface area contributed by atoms with Gasteiger partial charge >= 0.3 is 0 Å². The molecule has 1 amide bonds. The van der Waals surface area contributed by atoms with Gasteiger partial charge in [0.15, 0.2) is 0 Å². The van der Waals surface area contributed by atoms with Crippen LogP contribution in [0.2, 0.25) is 0 Å². The summed E-state index contributed by atoms with van der Waals surface area (Å²) in [5.41, 5.74) is 2.36. The lowest BCUT2D eigenvalue weighted by Gasteiger charge is -2.31. The van der Waals surface area contributed by atoms with E-state index in [1.54, 1.807) is 17.8 Å². The van der Waals surface area contributed by atoms with Crippen molar-refractivity contribution in [2.45, 2.75) is 31.3 Å². The summed E-state index contributed by atoms with van der Waals surface area (Å²) in [4.78, 5) is 17.9. The molecule has 0 aromatic carbocycles. The molecule has 0 aliphatic carbocycles. The minimum Gasteiger partial charge on any atom is -0.381 e. The molecule has 0 radical (unpaired) electrons. The number of nitrogens with one attached hydrogen (secondary N) is 2. The lowest BCUT2D eigenvalue weighted by molar-refractivity contribution is -0.124. The van der Waals surface area contributed by atoms with Crippen LogP contribution in [0.3, 0.4) is 0 Å². The topological polar surface area (TPSA) is 86.7 Å². The standard InChI is InChI=1S/C17H24N4O3.2ClH/c22-17(20-23)4-2-13-1-3-16(18-11-13)19-14-5-8-21(12-14)15-6-9-24-10-7-15;;/h1-4,11,14-15,23H,5-10,12H2,(H,18,19)(H,20,22);2*1H/t14-;;/m1../s1. The first-order valence-corrected chi connectivity index (χ1v) is 8.41. The van der Waals surface area contributed by atoms with Gasteiger partial charge < -0.3 is 10.1 Å². The number of hydroxylamine groups is 1. The van der Waals surface area contributed by atoms with E-state index < -0.39 is 5.91 Å². The van der Waals surface area contributed by atoms with Crippen LogP contribution in [0.1, 0.15) is 24.8 Å². The second-order valence-corrected chi connectivity index (χ2v) is 6.25. The van der Waals surface area contributed by atoms with Gasteiger partial charge in [0.2, 0.25) is 0 Å². The highest BCUT2D eigenvalue weighted by molar-refractivity contribution is 5.90. The number of aromatic nitrogens is 1. The predicted molar refractivity (Wildman–Crippen MR) is 105 cm³/mol. The Labute approximate surface area is 166 Å². The molecule has 26 heavy (non-hydrogen) atoms. The Hall–Kier alpha value is -1.38. The average Bonchev–Trinajstić information content (AvgIpc) is 3.10. The highest BCUT2D eigenvalue weighted by Crippen LogP contribution is 2.22. The van der Waals surface area contributed by atoms with Gasteiger partial charge in [-0.25, -0.2) is 10.5 Å². The largest absolute Gasteiger partial charge is 0.381 e. The monoisotopic (exact) mass is 404 g/mol. The Morgan fingerprint density at radius 1 is 1.27 bits per heavy atom. The van der Waals surface area contributed by atoms with E-state index >= 15 is 0 Å². The minimum atomic E-state index is -0.559. The molecule has 2 saturated heterocycles. The number of carbonyl (C=O) groups is 1. The molecule has 146 valence electrons. The summed E-state index contributed by atoms with van der Waals surface area (Å²) in [6.45, 7) is 3.93. The third kappa shape index (κ3) is 6.41. The van der Waals surface area contributed by atoms with Gasteiger partial charge in [0, 0.05) is 50.7 Å². The number of hydrogen-bond donors (Lipinski definition) is 3. The first-order valence-electron chi connectivity index (χ1n) is 8.41. The van der Waals surface area contributed by atoms with Crippen LogP contribution >= 0.6 is 24.8 Å². The molecule has 2 aliphatic rings. The van der Waals surface area contributed by atoms with Crippen LogP contribution in [0.5, 0.6) is 0 Å². The molecular formula is C17H26Cl2N4O3. The summed E-state index contributed by atoms with van der Waals surface area (Å²) in [7, 11) is 0. The molecule has 0 bridgehead atoms. The number of halogens is 2. The van der Waals surface area contributed by atoms with Crippen molar-refractivity contribution < 1.29 is 14.7 Å². The Morgan fingerprint density at radius 3 is 2.69 bits per heavy atom. The molecule has 0 unspecified atom stereocenters. The molecule has 2 aliphatic heterocycles. The van der Waals surface area contributed by atoms with Crippen LogP contribution < -0.4 is 10.8 Å². The van der Waals surface area contributed by atoms with E-state index in [1.807, 2.05) is 12.1 Å². The number of carbonyl (C=O) groups excluding carboxylic acids is 1. The van der Waals surface area contributed by atoms with Gasteiger partial charge in [-0.1, -0.05) is 0 Å². The van der Waals surface area contributed by atoms with E-state index in [2.05, 4.69) is 15.2 Å². The van der Waals surface area contributed by atoms with Crippen molar-refractivity contribution in [2.24, 2.45) is 0 Å². The second-order valence-electron chi connectivity index (χ2n) is 6.25. The molecule has 1 aromatic rings. The zero-order chi connectivity index (χ0) is 16.8. The smallest absolute Gasteiger partial charge is 0.267 e. The number of likely N-dealkylation sites (tertiary alicyclic amines) is 1. The Morgan fingerprint density at radius 2 is 2.04 bits per heavy atom. The molecule has 3 rings (SSSR count). The summed E-state index contributed by atoms with van der Waals surface area (Å²) in [5.74, 6) is 0.286. The van der Waals surface area contributed by atoms with Crippen LogP contribution in [0, 0.1) is 0 Å². The van der Waals surface area contributed by atoms with Crippen molar-refractivity contribution in [1.29, 1.82) is 0 Å². The Kier molecular flexibility index (Phi) is 9.90. The molecule has 0 saturated carbocycles. The fourth-order valence-corrected chi connectivity index (χ4v) is 3.29. The fourth-order valence-electron chi connectivity index (χ4n) is 3.29. The maximum Gasteiger partial charge on any atom is 0.267 e. The SMILES string of the molecule is Cl.Cl.O=C(C=Cc1ccc(N[C@@H]2CCN(C3CCOCC3)C2)nc1)NO. The van der Waals surface area contributed by atoms with E-state index in [4.69, 9.17) is 9.94 Å². The summed E-state index contributed by atoms with van der Waals surface area (Å²) in [6.07, 6.45) is 7.95. The Balaban J connectivity index is 0.00000169. The molecular weight excluding hydrogens is 379 g/mol. The molecule has 0 spiro atoms. The van der Waals surface area contributed by atoms with Crippen LogP contribution in [-0.4, -0.2) is 59.4 Å². The number of anilines is 1. The molecule has 3 N–H and O–H groups in total. The maximum absolute atomic E-state index is 11.0. The van der Waals surface area contributed by atoms with E-state index in [0.29, 0.717) is 12.1 Å². The van der Waals surface area contributed by atoms with Crippen LogP contribution in [0.25, 0.3) is 6.08 Å². The van der Waals surface area contributed by atoms with Crippen LogP contribution in [0.15, 0.2) is 24.4 Å². The van der Waals surface area contributed by atoms with Crippen molar-refractivity contribution in [3.05, 3.63) is 30.0 Å². The third-order valence-electron chi connectivity index (χ3n) is 4.60. The number of amides is 1. The minimum absolute atomic E-state index is 0. The van der Waals surface area contributed by atoms with Crippen molar-refractivity contribution in [2.75, 3.05) is 31.6 Å². The van der Waals surface area contributed by atoms with E-state index in [0.717, 1.165) is 56.9 Å².